The number of nitrogens with two attached hydrogens (primary N) is 1. The van der Waals surface area contributed by atoms with Gasteiger partial charge >= 0.3 is 0 Å². The van der Waals surface area contributed by atoms with Crippen molar-refractivity contribution in [1.29, 1.82) is 0 Å². The molecule has 4 N–H and O–H groups in total. The van der Waals surface area contributed by atoms with Gasteiger partial charge < -0.3 is 20.7 Å². The Morgan fingerprint density at radius 1 is 1.38 bits per heavy atom. The van der Waals surface area contributed by atoms with E-state index in [2.05, 4.69) is 16.8 Å². The molecule has 1 atom stereocenters. The summed E-state index contributed by atoms with van der Waals surface area (Å²) in [4.78, 5) is 16.3. The minimum atomic E-state index is -0.912. The molecule has 0 bridgehead atoms. The zero-order valence-corrected chi connectivity index (χ0v) is 14.8. The Hall–Kier alpha value is -2.40. The van der Waals surface area contributed by atoms with Gasteiger partial charge in [0.2, 0.25) is 0 Å². The number of aliphatic hydroxyl groups excluding tert-OH is 1. The zero-order chi connectivity index (χ0) is 18.3. The van der Waals surface area contributed by atoms with Gasteiger partial charge in [0, 0.05) is 11.1 Å². The highest BCUT2D eigenvalue weighted by molar-refractivity contribution is 7.14. The third-order valence-electron chi connectivity index (χ3n) is 4.67. The largest absolute Gasteiger partial charge is 0.490 e. The van der Waals surface area contributed by atoms with Gasteiger partial charge in [-0.2, -0.15) is 0 Å². The summed E-state index contributed by atoms with van der Waals surface area (Å²) in [6, 6.07) is 5.38. The molecule has 1 unspecified atom stereocenters. The lowest BCUT2D eigenvalue weighted by Crippen LogP contribution is -2.20. The van der Waals surface area contributed by atoms with Gasteiger partial charge in [-0.15, -0.1) is 11.3 Å². The second kappa shape index (κ2) is 6.40. The number of rotatable bonds is 1. The zero-order valence-electron chi connectivity index (χ0n) is 14.0. The summed E-state index contributed by atoms with van der Waals surface area (Å²) in [6.07, 6.45) is 2.48. The molecule has 7 heteroatoms. The maximum absolute atomic E-state index is 11.5. The quantitative estimate of drug-likeness (QED) is 0.666. The van der Waals surface area contributed by atoms with E-state index in [1.165, 1.54) is 0 Å². The molecular weight excluding hydrogens is 352 g/mol. The highest BCUT2D eigenvalue weighted by Gasteiger charge is 2.29. The molecule has 1 aromatic carbocycles. The van der Waals surface area contributed by atoms with Gasteiger partial charge in [-0.1, -0.05) is 11.8 Å². The molecule has 0 radical (unpaired) electrons. The van der Waals surface area contributed by atoms with Crippen molar-refractivity contribution >= 4 is 17.2 Å². The summed E-state index contributed by atoms with van der Waals surface area (Å²) >= 11 is 1.08. The van der Waals surface area contributed by atoms with E-state index in [0.29, 0.717) is 40.3 Å². The number of primary amides is 1. The lowest BCUT2D eigenvalue weighted by molar-refractivity contribution is 0.0999. The molecule has 1 fully saturated rings. The summed E-state index contributed by atoms with van der Waals surface area (Å²) < 4.78 is 5.66. The minimum absolute atomic E-state index is 0.0746. The molecule has 1 saturated carbocycles. The second-order valence-electron chi connectivity index (χ2n) is 6.62. The van der Waals surface area contributed by atoms with Crippen molar-refractivity contribution in [2.45, 2.75) is 37.4 Å². The molecule has 134 valence electrons. The first-order chi connectivity index (χ1) is 12.5. The molecule has 0 spiro atoms. The van der Waals surface area contributed by atoms with Crippen LogP contribution in [0.5, 0.6) is 5.75 Å². The smallest absolute Gasteiger partial charge is 0.277 e. The lowest BCUT2D eigenvalue weighted by atomic mass is 10.0. The standard InChI is InChI=1S/C19H18N2O4S/c20-17(23)18-21-15-12-9-11(5-8-19(24)6-1-2-7-19)3-4-14(12)25-10-13(22)16(15)26-18/h3-4,9,13,22,24H,1-2,6-7,10H2,(H2,20,23). The fourth-order valence-electron chi connectivity index (χ4n) is 3.29. The average Bonchev–Trinajstić information content (AvgIpc) is 3.23. The molecule has 26 heavy (non-hydrogen) atoms. The number of amides is 1. The monoisotopic (exact) mass is 370 g/mol. The fourth-order valence-corrected chi connectivity index (χ4v) is 4.19. The highest BCUT2D eigenvalue weighted by Crippen LogP contribution is 2.41. The highest BCUT2D eigenvalue weighted by atomic mass is 32.1. The van der Waals surface area contributed by atoms with Crippen LogP contribution < -0.4 is 10.5 Å². The lowest BCUT2D eigenvalue weighted by Gasteiger charge is -2.13. The summed E-state index contributed by atoms with van der Waals surface area (Å²) in [5.74, 6) is 5.95. The van der Waals surface area contributed by atoms with Gasteiger partial charge in [-0.3, -0.25) is 4.79 Å². The first kappa shape index (κ1) is 17.0. The van der Waals surface area contributed by atoms with Crippen LogP contribution in [-0.2, 0) is 0 Å². The van der Waals surface area contributed by atoms with Crippen LogP contribution in [0.15, 0.2) is 18.2 Å². The number of aliphatic hydroxyl groups is 2. The van der Waals surface area contributed by atoms with E-state index in [0.717, 1.165) is 24.2 Å². The van der Waals surface area contributed by atoms with E-state index in [-0.39, 0.29) is 11.6 Å². The minimum Gasteiger partial charge on any atom is -0.490 e. The SMILES string of the molecule is NC(=O)c1nc2c(s1)C(O)COc1ccc(C#CC3(O)CCCC3)cc1-2. The van der Waals surface area contributed by atoms with E-state index in [4.69, 9.17) is 10.5 Å². The third-order valence-corrected chi connectivity index (χ3v) is 5.84. The molecule has 4 rings (SSSR count). The number of fused-ring (bicyclic) bond motifs is 3. The Morgan fingerprint density at radius 3 is 2.88 bits per heavy atom. The van der Waals surface area contributed by atoms with E-state index >= 15 is 0 Å². The number of hydrogen-bond donors (Lipinski definition) is 3. The molecule has 1 aliphatic carbocycles. The third kappa shape index (κ3) is 3.07. The van der Waals surface area contributed by atoms with E-state index in [9.17, 15) is 15.0 Å². The summed E-state index contributed by atoms with van der Waals surface area (Å²) in [6.45, 7) is 0.0746. The molecule has 6 nitrogen and oxygen atoms in total. The van der Waals surface area contributed by atoms with Crippen LogP contribution >= 0.6 is 11.3 Å². The number of aromatic nitrogens is 1. The number of hydrogen-bond acceptors (Lipinski definition) is 6. The van der Waals surface area contributed by atoms with E-state index < -0.39 is 17.6 Å². The number of carbonyl (C=O) groups is 1. The number of carbonyl (C=O) groups excluding carboxylic acids is 1. The van der Waals surface area contributed by atoms with Gasteiger partial charge in [0.05, 0.1) is 10.6 Å². The van der Waals surface area contributed by atoms with Crippen LogP contribution in [0, 0.1) is 11.8 Å². The first-order valence-electron chi connectivity index (χ1n) is 8.46. The van der Waals surface area contributed by atoms with Crippen molar-refractivity contribution < 1.29 is 19.7 Å². The van der Waals surface area contributed by atoms with Gasteiger partial charge in [0.25, 0.3) is 5.91 Å². The predicted molar refractivity (Wildman–Crippen MR) is 96.8 cm³/mol. The van der Waals surface area contributed by atoms with Gasteiger partial charge in [-0.25, -0.2) is 4.98 Å². The molecular formula is C19H18N2O4S. The van der Waals surface area contributed by atoms with Crippen molar-refractivity contribution in [3.8, 4) is 28.8 Å². The van der Waals surface area contributed by atoms with Crippen LogP contribution in [0.3, 0.4) is 0 Å². The number of ether oxygens (including phenoxy) is 1. The number of benzene rings is 1. The van der Waals surface area contributed by atoms with Crippen LogP contribution in [0.1, 0.15) is 52.0 Å². The van der Waals surface area contributed by atoms with Crippen LogP contribution in [0.25, 0.3) is 11.3 Å². The Bertz CT molecular complexity index is 935. The fraction of sp³-hybridized carbons (Fsp3) is 0.368. The van der Waals surface area contributed by atoms with Gasteiger partial charge in [0.15, 0.2) is 5.01 Å². The molecule has 1 amide bonds. The number of thiazole rings is 1. The van der Waals surface area contributed by atoms with Crippen molar-refractivity contribution in [3.63, 3.8) is 0 Å². The van der Waals surface area contributed by atoms with Gasteiger partial charge in [0.1, 0.15) is 24.1 Å². The second-order valence-corrected chi connectivity index (χ2v) is 7.65. The average molecular weight is 370 g/mol. The molecule has 0 saturated heterocycles. The van der Waals surface area contributed by atoms with Crippen molar-refractivity contribution in [2.24, 2.45) is 5.73 Å². The normalized spacial score (nSPS) is 20.2. The van der Waals surface area contributed by atoms with Gasteiger partial charge in [-0.05, 0) is 43.9 Å². The molecule has 1 aliphatic heterocycles. The van der Waals surface area contributed by atoms with E-state index in [1.54, 1.807) is 6.07 Å². The van der Waals surface area contributed by atoms with Crippen molar-refractivity contribution in [1.82, 2.24) is 4.98 Å². The maximum atomic E-state index is 11.5. The van der Waals surface area contributed by atoms with Crippen molar-refractivity contribution in [2.75, 3.05) is 6.61 Å². The Balaban J connectivity index is 1.77. The summed E-state index contributed by atoms with van der Waals surface area (Å²) in [7, 11) is 0. The van der Waals surface area contributed by atoms with Crippen LogP contribution in [0.4, 0.5) is 0 Å². The summed E-state index contributed by atoms with van der Waals surface area (Å²) in [5, 5.41) is 20.8. The maximum Gasteiger partial charge on any atom is 0.277 e. The summed E-state index contributed by atoms with van der Waals surface area (Å²) in [5.41, 5.74) is 6.29. The van der Waals surface area contributed by atoms with E-state index in [1.807, 2.05) is 12.1 Å². The Labute approximate surface area is 154 Å². The number of nitrogens with zero attached hydrogens (tertiary/aromatic N) is 1. The van der Waals surface area contributed by atoms with Crippen molar-refractivity contribution in [3.05, 3.63) is 33.6 Å². The molecule has 2 heterocycles. The predicted octanol–water partition coefficient (Wildman–Crippen LogP) is 1.99. The van der Waals surface area contributed by atoms with Crippen LogP contribution in [0.2, 0.25) is 0 Å². The molecule has 1 aromatic heterocycles. The first-order valence-corrected chi connectivity index (χ1v) is 9.28. The Kier molecular flexibility index (Phi) is 4.19. The topological polar surface area (TPSA) is 106 Å². The Morgan fingerprint density at radius 2 is 2.15 bits per heavy atom. The van der Waals surface area contributed by atoms with Crippen LogP contribution in [-0.4, -0.2) is 33.3 Å². The molecule has 2 aromatic rings. The molecule has 2 aliphatic rings.